The van der Waals surface area contributed by atoms with Gasteiger partial charge in [-0.2, -0.15) is 0 Å². The molecule has 1 amide bonds. The minimum Gasteiger partial charge on any atom is -0.495 e. The molecule has 0 fully saturated rings. The Morgan fingerprint density at radius 3 is 2.63 bits per heavy atom. The van der Waals surface area contributed by atoms with Gasteiger partial charge in [-0.05, 0) is 24.6 Å². The molecule has 0 saturated heterocycles. The number of hydrogen-bond acceptors (Lipinski definition) is 5. The molecule has 19 heavy (non-hydrogen) atoms. The number of nitrogens with two attached hydrogens (primary N) is 1. The monoisotopic (exact) mass is 286 g/mol. The molecule has 0 unspecified atom stereocenters. The van der Waals surface area contributed by atoms with Gasteiger partial charge in [0.1, 0.15) is 15.6 Å². The van der Waals surface area contributed by atoms with Gasteiger partial charge < -0.3 is 15.8 Å². The van der Waals surface area contributed by atoms with E-state index < -0.39 is 9.84 Å². The molecule has 0 aliphatic heterocycles. The zero-order valence-electron chi connectivity index (χ0n) is 11.0. The molecule has 0 saturated carbocycles. The standard InChI is InChI=1S/C12H18N2O4S/c1-18-11-6-5-9(8-10(11)13)14-12(15)4-3-7-19(2,16)17/h5-6,8H,3-4,7,13H2,1-2H3,(H,14,15). The quantitative estimate of drug-likeness (QED) is 0.761. The Labute approximate surface area is 112 Å². The van der Waals surface area contributed by atoms with E-state index in [0.717, 1.165) is 6.26 Å². The van der Waals surface area contributed by atoms with Crippen molar-refractivity contribution in [2.24, 2.45) is 0 Å². The highest BCUT2D eigenvalue weighted by Gasteiger charge is 2.07. The number of anilines is 2. The molecule has 0 spiro atoms. The second-order valence-corrected chi connectivity index (χ2v) is 6.50. The normalized spacial score (nSPS) is 11.1. The van der Waals surface area contributed by atoms with Gasteiger partial charge in [0.25, 0.3) is 0 Å². The van der Waals surface area contributed by atoms with E-state index >= 15 is 0 Å². The van der Waals surface area contributed by atoms with E-state index in [-0.39, 0.29) is 18.1 Å². The van der Waals surface area contributed by atoms with E-state index in [1.807, 2.05) is 0 Å². The van der Waals surface area contributed by atoms with Crippen LogP contribution in [0.3, 0.4) is 0 Å². The largest absolute Gasteiger partial charge is 0.495 e. The fourth-order valence-corrected chi connectivity index (χ4v) is 2.20. The van der Waals surface area contributed by atoms with Crippen LogP contribution >= 0.6 is 0 Å². The molecule has 6 nitrogen and oxygen atoms in total. The Kier molecular flexibility index (Phi) is 5.17. The Bertz CT molecular complexity index is 555. The van der Waals surface area contributed by atoms with Gasteiger partial charge in [0.2, 0.25) is 5.91 Å². The molecule has 1 rings (SSSR count). The Balaban J connectivity index is 2.51. The van der Waals surface area contributed by atoms with E-state index in [2.05, 4.69) is 5.32 Å². The highest BCUT2D eigenvalue weighted by Crippen LogP contribution is 2.24. The predicted molar refractivity (Wildman–Crippen MR) is 75.0 cm³/mol. The number of amides is 1. The SMILES string of the molecule is COc1ccc(NC(=O)CCCS(C)(=O)=O)cc1N. The van der Waals surface area contributed by atoms with Gasteiger partial charge in [-0.15, -0.1) is 0 Å². The highest BCUT2D eigenvalue weighted by atomic mass is 32.2. The van der Waals surface area contributed by atoms with Crippen LogP contribution in [0.4, 0.5) is 11.4 Å². The topological polar surface area (TPSA) is 98.5 Å². The van der Waals surface area contributed by atoms with Crippen molar-refractivity contribution >= 4 is 27.1 Å². The van der Waals surface area contributed by atoms with Crippen molar-refractivity contribution < 1.29 is 17.9 Å². The molecule has 0 aromatic heterocycles. The lowest BCUT2D eigenvalue weighted by Gasteiger charge is -2.08. The number of carbonyl (C=O) groups excluding carboxylic acids is 1. The number of rotatable bonds is 6. The van der Waals surface area contributed by atoms with Crippen LogP contribution in [0.15, 0.2) is 18.2 Å². The minimum atomic E-state index is -3.02. The molecule has 0 atom stereocenters. The van der Waals surface area contributed by atoms with Crippen molar-refractivity contribution in [3.8, 4) is 5.75 Å². The smallest absolute Gasteiger partial charge is 0.224 e. The maximum absolute atomic E-state index is 11.6. The average Bonchev–Trinajstić information content (AvgIpc) is 2.27. The summed E-state index contributed by atoms with van der Waals surface area (Å²) >= 11 is 0. The van der Waals surface area contributed by atoms with Gasteiger partial charge in [-0.25, -0.2) is 8.42 Å². The Morgan fingerprint density at radius 2 is 2.11 bits per heavy atom. The summed E-state index contributed by atoms with van der Waals surface area (Å²) in [5, 5.41) is 2.65. The molecule has 1 aromatic carbocycles. The summed E-state index contributed by atoms with van der Waals surface area (Å²) in [5.41, 5.74) is 6.69. The average molecular weight is 286 g/mol. The molecule has 0 aliphatic rings. The summed E-state index contributed by atoms with van der Waals surface area (Å²) in [6.07, 6.45) is 1.60. The molecule has 0 radical (unpaired) electrons. The number of carbonyl (C=O) groups is 1. The second kappa shape index (κ2) is 6.42. The van der Waals surface area contributed by atoms with E-state index in [0.29, 0.717) is 23.5 Å². The summed E-state index contributed by atoms with van der Waals surface area (Å²) in [7, 11) is -1.52. The van der Waals surface area contributed by atoms with Crippen LogP contribution < -0.4 is 15.8 Å². The number of nitrogen functional groups attached to an aromatic ring is 1. The number of benzene rings is 1. The first-order valence-electron chi connectivity index (χ1n) is 5.73. The van der Waals surface area contributed by atoms with E-state index in [1.165, 1.54) is 7.11 Å². The van der Waals surface area contributed by atoms with Gasteiger partial charge in [0.15, 0.2) is 0 Å². The fourth-order valence-electron chi connectivity index (χ4n) is 1.53. The zero-order valence-corrected chi connectivity index (χ0v) is 11.8. The van der Waals surface area contributed by atoms with Gasteiger partial charge in [0, 0.05) is 18.4 Å². The van der Waals surface area contributed by atoms with Crippen molar-refractivity contribution in [3.63, 3.8) is 0 Å². The van der Waals surface area contributed by atoms with Gasteiger partial charge >= 0.3 is 0 Å². The number of methoxy groups -OCH3 is 1. The first-order chi connectivity index (χ1) is 8.81. The fraction of sp³-hybridized carbons (Fsp3) is 0.417. The predicted octanol–water partition coefficient (Wildman–Crippen LogP) is 1.04. The minimum absolute atomic E-state index is 0.00513. The van der Waals surface area contributed by atoms with Crippen molar-refractivity contribution in [2.45, 2.75) is 12.8 Å². The summed E-state index contributed by atoms with van der Waals surface area (Å²) in [6.45, 7) is 0. The third-order valence-electron chi connectivity index (χ3n) is 2.43. The molecular weight excluding hydrogens is 268 g/mol. The van der Waals surface area contributed by atoms with Gasteiger partial charge in [-0.3, -0.25) is 4.79 Å². The number of nitrogens with one attached hydrogen (secondary N) is 1. The van der Waals surface area contributed by atoms with E-state index in [9.17, 15) is 13.2 Å². The molecule has 106 valence electrons. The molecule has 1 aromatic rings. The number of hydrogen-bond donors (Lipinski definition) is 2. The molecule has 0 bridgehead atoms. The Hall–Kier alpha value is -1.76. The maximum Gasteiger partial charge on any atom is 0.224 e. The molecule has 7 heteroatoms. The molecule has 0 aliphatic carbocycles. The first kappa shape index (κ1) is 15.3. The Morgan fingerprint density at radius 1 is 1.42 bits per heavy atom. The van der Waals surface area contributed by atoms with Crippen LogP contribution in [-0.2, 0) is 14.6 Å². The molecule has 3 N–H and O–H groups in total. The third kappa shape index (κ3) is 5.60. The lowest BCUT2D eigenvalue weighted by atomic mass is 10.2. The molecular formula is C12H18N2O4S. The van der Waals surface area contributed by atoms with Crippen LogP contribution in [0.25, 0.3) is 0 Å². The molecule has 0 heterocycles. The van der Waals surface area contributed by atoms with Crippen LogP contribution in [0.1, 0.15) is 12.8 Å². The van der Waals surface area contributed by atoms with Crippen LogP contribution in [-0.4, -0.2) is 33.4 Å². The van der Waals surface area contributed by atoms with Gasteiger partial charge in [-0.1, -0.05) is 0 Å². The van der Waals surface area contributed by atoms with Crippen molar-refractivity contribution in [3.05, 3.63) is 18.2 Å². The number of sulfone groups is 1. The van der Waals surface area contributed by atoms with Crippen LogP contribution in [0, 0.1) is 0 Å². The first-order valence-corrected chi connectivity index (χ1v) is 7.79. The van der Waals surface area contributed by atoms with Crippen molar-refractivity contribution in [1.29, 1.82) is 0 Å². The van der Waals surface area contributed by atoms with Crippen molar-refractivity contribution in [2.75, 3.05) is 30.2 Å². The summed E-state index contributed by atoms with van der Waals surface area (Å²) in [6, 6.07) is 4.92. The lowest BCUT2D eigenvalue weighted by Crippen LogP contribution is -2.13. The van der Waals surface area contributed by atoms with Gasteiger partial charge in [0.05, 0.1) is 18.6 Å². The van der Waals surface area contributed by atoms with Crippen LogP contribution in [0.5, 0.6) is 5.75 Å². The maximum atomic E-state index is 11.6. The second-order valence-electron chi connectivity index (χ2n) is 4.24. The number of ether oxygens (including phenoxy) is 1. The summed E-state index contributed by atoms with van der Waals surface area (Å²) < 4.78 is 26.9. The van der Waals surface area contributed by atoms with Crippen molar-refractivity contribution in [1.82, 2.24) is 0 Å². The lowest BCUT2D eigenvalue weighted by molar-refractivity contribution is -0.116. The summed E-state index contributed by atoms with van der Waals surface area (Å²) in [5.74, 6) is 0.300. The van der Waals surface area contributed by atoms with E-state index in [4.69, 9.17) is 10.5 Å². The third-order valence-corrected chi connectivity index (χ3v) is 3.46. The zero-order chi connectivity index (χ0) is 14.5. The van der Waals surface area contributed by atoms with Crippen LogP contribution in [0.2, 0.25) is 0 Å². The summed E-state index contributed by atoms with van der Waals surface area (Å²) in [4.78, 5) is 11.6. The highest BCUT2D eigenvalue weighted by molar-refractivity contribution is 7.90. The van der Waals surface area contributed by atoms with E-state index in [1.54, 1.807) is 18.2 Å².